The third-order valence-electron chi connectivity index (χ3n) is 3.03. The fourth-order valence-corrected chi connectivity index (χ4v) is 3.33. The zero-order valence-electron chi connectivity index (χ0n) is 11.3. The molecule has 20 heavy (non-hydrogen) atoms. The summed E-state index contributed by atoms with van der Waals surface area (Å²) < 4.78 is 27.8. The van der Waals surface area contributed by atoms with Gasteiger partial charge in [-0.2, -0.15) is 0 Å². The van der Waals surface area contributed by atoms with Crippen molar-refractivity contribution in [2.45, 2.75) is 26.3 Å². The Labute approximate surface area is 126 Å². The van der Waals surface area contributed by atoms with Crippen LogP contribution in [0.25, 0.3) is 0 Å². The highest BCUT2D eigenvalue weighted by Crippen LogP contribution is 2.35. The van der Waals surface area contributed by atoms with Gasteiger partial charge in [-0.05, 0) is 37.6 Å². The molecular weight excluding hydrogens is 300 g/mol. The van der Waals surface area contributed by atoms with Crippen LogP contribution >= 0.6 is 22.9 Å². The zero-order chi connectivity index (χ0) is 14.7. The van der Waals surface area contributed by atoms with Crippen LogP contribution in [0.3, 0.4) is 0 Å². The van der Waals surface area contributed by atoms with Gasteiger partial charge in [0.1, 0.15) is 11.6 Å². The van der Waals surface area contributed by atoms with Gasteiger partial charge >= 0.3 is 0 Å². The van der Waals surface area contributed by atoms with E-state index in [-0.39, 0.29) is 6.04 Å². The lowest BCUT2D eigenvalue weighted by Gasteiger charge is -2.18. The van der Waals surface area contributed by atoms with Crippen molar-refractivity contribution in [3.8, 4) is 0 Å². The zero-order valence-corrected chi connectivity index (χ0v) is 12.9. The average Bonchev–Trinajstić information content (AvgIpc) is 2.72. The second-order valence-corrected chi connectivity index (χ2v) is 6.34. The topological polar surface area (TPSA) is 12.0 Å². The van der Waals surface area contributed by atoms with E-state index in [1.54, 1.807) is 0 Å². The first-order valence-corrected chi connectivity index (χ1v) is 7.66. The van der Waals surface area contributed by atoms with Crippen LogP contribution < -0.4 is 5.32 Å². The molecule has 1 nitrogen and oxygen atoms in total. The third-order valence-corrected chi connectivity index (χ3v) is 4.65. The molecule has 0 saturated heterocycles. The molecule has 0 fully saturated rings. The standard InChI is InChI=1S/C15H16ClF2NS/c1-3-6-19-14(13-7-9(2)15(16)20-13)11-5-4-10(17)8-12(11)18/h4-5,7-8,14,19H,3,6H2,1-2H3. The minimum absolute atomic E-state index is 0.299. The van der Waals surface area contributed by atoms with Gasteiger partial charge in [-0.25, -0.2) is 8.78 Å². The number of rotatable bonds is 5. The van der Waals surface area contributed by atoms with Crippen LogP contribution in [0.2, 0.25) is 4.34 Å². The number of aryl methyl sites for hydroxylation is 1. The molecule has 1 N–H and O–H groups in total. The van der Waals surface area contributed by atoms with Crippen LogP contribution in [-0.4, -0.2) is 6.54 Å². The molecule has 108 valence electrons. The highest BCUT2D eigenvalue weighted by Gasteiger charge is 2.20. The van der Waals surface area contributed by atoms with Crippen molar-refractivity contribution in [1.82, 2.24) is 5.32 Å². The molecule has 0 bridgehead atoms. The van der Waals surface area contributed by atoms with Crippen LogP contribution in [0.15, 0.2) is 24.3 Å². The average molecular weight is 316 g/mol. The molecule has 0 radical (unpaired) electrons. The van der Waals surface area contributed by atoms with Crippen molar-refractivity contribution < 1.29 is 8.78 Å². The van der Waals surface area contributed by atoms with Gasteiger partial charge in [-0.1, -0.05) is 24.6 Å². The van der Waals surface area contributed by atoms with E-state index >= 15 is 0 Å². The van der Waals surface area contributed by atoms with Crippen molar-refractivity contribution >= 4 is 22.9 Å². The molecule has 1 unspecified atom stereocenters. The number of hydrogen-bond acceptors (Lipinski definition) is 2. The molecule has 1 aromatic carbocycles. The first kappa shape index (κ1) is 15.4. The van der Waals surface area contributed by atoms with Gasteiger partial charge < -0.3 is 5.32 Å². The maximum absolute atomic E-state index is 14.0. The summed E-state index contributed by atoms with van der Waals surface area (Å²) in [6, 6.07) is 5.33. The van der Waals surface area contributed by atoms with Gasteiger partial charge in [-0.3, -0.25) is 0 Å². The van der Waals surface area contributed by atoms with Gasteiger partial charge in [0.25, 0.3) is 0 Å². The van der Waals surface area contributed by atoms with Gasteiger partial charge in [0.05, 0.1) is 10.4 Å². The molecule has 0 spiro atoms. The molecule has 0 aliphatic heterocycles. The maximum Gasteiger partial charge on any atom is 0.131 e. The van der Waals surface area contributed by atoms with E-state index in [4.69, 9.17) is 11.6 Å². The largest absolute Gasteiger partial charge is 0.306 e. The smallest absolute Gasteiger partial charge is 0.131 e. The number of nitrogens with one attached hydrogen (secondary N) is 1. The molecule has 0 amide bonds. The maximum atomic E-state index is 14.0. The third kappa shape index (κ3) is 3.37. The molecule has 1 aromatic heterocycles. The molecule has 0 saturated carbocycles. The number of thiophene rings is 1. The van der Waals surface area contributed by atoms with E-state index in [1.807, 2.05) is 19.9 Å². The second kappa shape index (κ2) is 6.66. The Bertz CT molecular complexity index is 578. The Kier molecular flexibility index (Phi) is 5.13. The molecule has 0 aliphatic carbocycles. The van der Waals surface area contributed by atoms with E-state index in [0.717, 1.165) is 29.5 Å². The van der Waals surface area contributed by atoms with Crippen molar-refractivity contribution in [1.29, 1.82) is 0 Å². The Hall–Kier alpha value is -0.970. The summed E-state index contributed by atoms with van der Waals surface area (Å²) in [5, 5.41) is 3.29. The fraction of sp³-hybridized carbons (Fsp3) is 0.333. The minimum atomic E-state index is -0.569. The lowest BCUT2D eigenvalue weighted by molar-refractivity contribution is 0.536. The van der Waals surface area contributed by atoms with Gasteiger partial charge in [0.15, 0.2) is 0 Å². The predicted molar refractivity (Wildman–Crippen MR) is 80.6 cm³/mol. The Morgan fingerprint density at radius 3 is 2.60 bits per heavy atom. The first-order chi connectivity index (χ1) is 9.52. The van der Waals surface area contributed by atoms with Crippen molar-refractivity contribution in [2.75, 3.05) is 6.54 Å². The summed E-state index contributed by atoms with van der Waals surface area (Å²) in [6.45, 7) is 4.70. The second-order valence-electron chi connectivity index (χ2n) is 4.66. The summed E-state index contributed by atoms with van der Waals surface area (Å²) in [7, 11) is 0. The number of halogens is 3. The van der Waals surface area contributed by atoms with Crippen molar-refractivity contribution in [2.24, 2.45) is 0 Å². The number of benzene rings is 1. The molecule has 2 rings (SSSR count). The summed E-state index contributed by atoms with van der Waals surface area (Å²) in [4.78, 5) is 0.937. The lowest BCUT2D eigenvalue weighted by Crippen LogP contribution is -2.23. The van der Waals surface area contributed by atoms with Crippen LogP contribution in [0.1, 0.15) is 35.4 Å². The number of hydrogen-bond donors (Lipinski definition) is 1. The first-order valence-electron chi connectivity index (χ1n) is 6.47. The van der Waals surface area contributed by atoms with Crippen LogP contribution in [0, 0.1) is 18.6 Å². The van der Waals surface area contributed by atoms with Gasteiger partial charge in [0.2, 0.25) is 0 Å². The Morgan fingerprint density at radius 1 is 1.30 bits per heavy atom. The molecule has 0 aliphatic rings. The molecule has 1 heterocycles. The normalized spacial score (nSPS) is 12.7. The summed E-state index contributed by atoms with van der Waals surface area (Å²) in [6.07, 6.45) is 0.928. The molecular formula is C15H16ClF2NS. The van der Waals surface area contributed by atoms with E-state index < -0.39 is 11.6 Å². The fourth-order valence-electron chi connectivity index (χ4n) is 2.01. The van der Waals surface area contributed by atoms with Crippen molar-refractivity contribution in [3.63, 3.8) is 0 Å². The highest BCUT2D eigenvalue weighted by molar-refractivity contribution is 7.16. The summed E-state index contributed by atoms with van der Waals surface area (Å²) in [5.41, 5.74) is 1.41. The molecule has 2 aromatic rings. The predicted octanol–water partition coefficient (Wildman–Crippen LogP) is 5.08. The SMILES string of the molecule is CCCNC(c1cc(C)c(Cl)s1)c1ccc(F)cc1F. The summed E-state index contributed by atoms with van der Waals surface area (Å²) >= 11 is 7.52. The van der Waals surface area contributed by atoms with Crippen molar-refractivity contribution in [3.05, 3.63) is 56.2 Å². The Morgan fingerprint density at radius 2 is 2.05 bits per heavy atom. The Balaban J connectivity index is 2.41. The van der Waals surface area contributed by atoms with Crippen LogP contribution in [0.4, 0.5) is 8.78 Å². The van der Waals surface area contributed by atoms with Gasteiger partial charge in [-0.15, -0.1) is 11.3 Å². The van der Waals surface area contributed by atoms with Gasteiger partial charge in [0, 0.05) is 16.5 Å². The van der Waals surface area contributed by atoms with E-state index in [1.165, 1.54) is 23.5 Å². The molecule has 1 atom stereocenters. The molecule has 5 heteroatoms. The monoisotopic (exact) mass is 315 g/mol. The summed E-state index contributed by atoms with van der Waals surface area (Å²) in [5.74, 6) is -1.11. The van der Waals surface area contributed by atoms with E-state index in [9.17, 15) is 8.78 Å². The van der Waals surface area contributed by atoms with E-state index in [2.05, 4.69) is 5.32 Å². The highest BCUT2D eigenvalue weighted by atomic mass is 35.5. The minimum Gasteiger partial charge on any atom is -0.306 e. The van der Waals surface area contributed by atoms with Crippen LogP contribution in [-0.2, 0) is 0 Å². The quantitative estimate of drug-likeness (QED) is 0.811. The van der Waals surface area contributed by atoms with E-state index in [0.29, 0.717) is 9.90 Å². The lowest BCUT2D eigenvalue weighted by atomic mass is 10.0. The van der Waals surface area contributed by atoms with Crippen LogP contribution in [0.5, 0.6) is 0 Å².